The van der Waals surface area contributed by atoms with Gasteiger partial charge in [0.2, 0.25) is 5.91 Å². The fourth-order valence-corrected chi connectivity index (χ4v) is 5.13. The Hall–Kier alpha value is -3.62. The summed E-state index contributed by atoms with van der Waals surface area (Å²) in [6, 6.07) is 21.8. The number of nitrogens with one attached hydrogen (secondary N) is 1. The summed E-state index contributed by atoms with van der Waals surface area (Å²) in [6.45, 7) is 0.302. The Kier molecular flexibility index (Phi) is 7.06. The van der Waals surface area contributed by atoms with Crippen molar-refractivity contribution in [2.24, 2.45) is 9.98 Å². The van der Waals surface area contributed by atoms with Gasteiger partial charge in [0.05, 0.1) is 19.2 Å². The molecule has 1 N–H and O–H groups in total. The van der Waals surface area contributed by atoms with Gasteiger partial charge < -0.3 is 10.1 Å². The molecule has 182 valence electrons. The molecule has 0 aliphatic carbocycles. The molecule has 9 heteroatoms. The van der Waals surface area contributed by atoms with Crippen molar-refractivity contribution in [1.82, 2.24) is 10.2 Å². The van der Waals surface area contributed by atoms with Crippen molar-refractivity contribution >= 4 is 51.9 Å². The van der Waals surface area contributed by atoms with Crippen LogP contribution in [0.1, 0.15) is 23.1 Å². The molecule has 0 radical (unpaired) electrons. The number of fused-ring (bicyclic) bond motifs is 3. The van der Waals surface area contributed by atoms with Crippen LogP contribution in [0.4, 0.5) is 5.69 Å². The molecule has 1 unspecified atom stereocenters. The Morgan fingerprint density at radius 2 is 1.83 bits per heavy atom. The minimum atomic E-state index is -0.815. The molecule has 0 bridgehead atoms. The lowest BCUT2D eigenvalue weighted by molar-refractivity contribution is -0.128. The number of halogens is 1. The zero-order valence-electron chi connectivity index (χ0n) is 19.5. The van der Waals surface area contributed by atoms with E-state index >= 15 is 0 Å². The topological polar surface area (TPSA) is 83.4 Å². The number of thioether (sulfide) groups is 1. The van der Waals surface area contributed by atoms with Gasteiger partial charge in [-0.05, 0) is 35.9 Å². The minimum Gasteiger partial charge on any atom is -0.496 e. The lowest BCUT2D eigenvalue weighted by Crippen LogP contribution is -2.42. The van der Waals surface area contributed by atoms with Gasteiger partial charge in [-0.1, -0.05) is 65.8 Å². The second-order valence-corrected chi connectivity index (χ2v) is 9.64. The molecule has 1 atom stereocenters. The molecule has 3 aromatic carbocycles. The van der Waals surface area contributed by atoms with E-state index in [9.17, 15) is 9.59 Å². The van der Waals surface area contributed by atoms with E-state index in [1.807, 2.05) is 72.8 Å². The van der Waals surface area contributed by atoms with Crippen molar-refractivity contribution in [1.29, 1.82) is 0 Å². The molecule has 0 aromatic heterocycles. The number of amides is 2. The highest BCUT2D eigenvalue weighted by atomic mass is 35.5. The number of hydrogen-bond donors (Lipinski definition) is 1. The molecule has 36 heavy (non-hydrogen) atoms. The van der Waals surface area contributed by atoms with Crippen molar-refractivity contribution in [2.75, 3.05) is 7.11 Å². The molecule has 5 rings (SSSR count). The predicted octanol–water partition coefficient (Wildman–Crippen LogP) is 4.95. The van der Waals surface area contributed by atoms with E-state index in [0.717, 1.165) is 22.4 Å². The van der Waals surface area contributed by atoms with Gasteiger partial charge in [-0.25, -0.2) is 9.89 Å². The smallest absolute Gasteiger partial charge is 0.259 e. The summed E-state index contributed by atoms with van der Waals surface area (Å²) in [5, 5.41) is 4.09. The number of hydrogen-bond acceptors (Lipinski definition) is 6. The molecule has 0 spiro atoms. The number of amidine groups is 2. The first kappa shape index (κ1) is 24.1. The van der Waals surface area contributed by atoms with E-state index in [1.165, 1.54) is 11.8 Å². The third-order valence-electron chi connectivity index (χ3n) is 5.88. The summed E-state index contributed by atoms with van der Waals surface area (Å²) in [7, 11) is 1.59. The quantitative estimate of drug-likeness (QED) is 0.480. The van der Waals surface area contributed by atoms with Crippen LogP contribution in [0.25, 0.3) is 0 Å². The lowest BCUT2D eigenvalue weighted by atomic mass is 10.1. The monoisotopic (exact) mass is 518 g/mol. The average Bonchev–Trinajstić information content (AvgIpc) is 3.23. The first-order valence-electron chi connectivity index (χ1n) is 11.4. The number of carbonyl (C=O) groups is 2. The summed E-state index contributed by atoms with van der Waals surface area (Å²) in [4.78, 5) is 37.1. The van der Waals surface area contributed by atoms with Crippen molar-refractivity contribution < 1.29 is 14.3 Å². The van der Waals surface area contributed by atoms with Crippen molar-refractivity contribution in [2.45, 2.75) is 24.8 Å². The van der Waals surface area contributed by atoms with E-state index in [4.69, 9.17) is 21.3 Å². The van der Waals surface area contributed by atoms with Crippen LogP contribution in [0.5, 0.6) is 5.75 Å². The van der Waals surface area contributed by atoms with Crippen LogP contribution < -0.4 is 10.1 Å². The second kappa shape index (κ2) is 10.6. The number of para-hydroxylation sites is 2. The molecule has 2 aliphatic rings. The number of aliphatic imine (C=N–C) groups is 2. The fraction of sp³-hybridized carbons (Fsp3) is 0.185. The van der Waals surface area contributed by atoms with Crippen LogP contribution in [-0.4, -0.2) is 40.9 Å². The zero-order chi connectivity index (χ0) is 25.1. The van der Waals surface area contributed by atoms with Gasteiger partial charge in [-0.2, -0.15) is 0 Å². The molecule has 2 amide bonds. The summed E-state index contributed by atoms with van der Waals surface area (Å²) < 4.78 is 5.34. The minimum absolute atomic E-state index is 0.0503. The average molecular weight is 519 g/mol. The number of rotatable bonds is 7. The van der Waals surface area contributed by atoms with Crippen molar-refractivity contribution in [3.8, 4) is 5.75 Å². The van der Waals surface area contributed by atoms with Crippen LogP contribution in [0.2, 0.25) is 5.02 Å². The second-order valence-electron chi connectivity index (χ2n) is 8.26. The van der Waals surface area contributed by atoms with Gasteiger partial charge in [0.1, 0.15) is 17.6 Å². The summed E-state index contributed by atoms with van der Waals surface area (Å²) in [5.74, 6) is 1.33. The van der Waals surface area contributed by atoms with Gasteiger partial charge in [0, 0.05) is 28.4 Å². The Morgan fingerprint density at radius 1 is 1.08 bits per heavy atom. The Bertz CT molecular complexity index is 1370. The molecule has 3 aromatic rings. The van der Waals surface area contributed by atoms with Crippen LogP contribution in [0.3, 0.4) is 0 Å². The zero-order valence-corrected chi connectivity index (χ0v) is 21.1. The highest BCUT2D eigenvalue weighted by molar-refractivity contribution is 8.13. The number of nitrogens with zero attached hydrogens (tertiary/aromatic N) is 3. The number of methoxy groups -OCH3 is 1. The van der Waals surface area contributed by atoms with Gasteiger partial charge in [-0.15, -0.1) is 0 Å². The molecular weight excluding hydrogens is 496 g/mol. The summed E-state index contributed by atoms with van der Waals surface area (Å²) >= 11 is 7.45. The third kappa shape index (κ3) is 5.01. The highest BCUT2D eigenvalue weighted by Crippen LogP contribution is 2.35. The maximum Gasteiger partial charge on any atom is 0.259 e. The Labute approximate surface area is 218 Å². The third-order valence-corrected chi connectivity index (χ3v) is 7.14. The normalized spacial score (nSPS) is 16.1. The standard InChI is InChI=1S/C27H23ClN4O3S/c1-35-23-9-5-2-6-18(23)15-29-24(33)14-22-26(34)32-25(30-22)20-7-3-4-8-21(20)31-27(32)36-16-17-10-12-19(28)13-11-17/h2-13,22H,14-16H2,1H3,(H,29,33). The van der Waals surface area contributed by atoms with Crippen LogP contribution in [0.15, 0.2) is 82.8 Å². The van der Waals surface area contributed by atoms with Crippen LogP contribution in [0, 0.1) is 0 Å². The first-order valence-corrected chi connectivity index (χ1v) is 12.8. The van der Waals surface area contributed by atoms with E-state index in [0.29, 0.717) is 34.1 Å². The molecule has 2 aliphatic heterocycles. The van der Waals surface area contributed by atoms with Gasteiger partial charge >= 0.3 is 0 Å². The van der Waals surface area contributed by atoms with Gasteiger partial charge in [0.15, 0.2) is 5.17 Å². The molecule has 2 heterocycles. The van der Waals surface area contributed by atoms with Gasteiger partial charge in [-0.3, -0.25) is 14.6 Å². The summed E-state index contributed by atoms with van der Waals surface area (Å²) in [6.07, 6.45) is -0.0503. The summed E-state index contributed by atoms with van der Waals surface area (Å²) in [5.41, 5.74) is 3.44. The maximum atomic E-state index is 13.4. The van der Waals surface area contributed by atoms with Crippen molar-refractivity contribution in [3.63, 3.8) is 0 Å². The molecule has 0 fully saturated rings. The van der Waals surface area contributed by atoms with E-state index in [2.05, 4.69) is 10.3 Å². The predicted molar refractivity (Wildman–Crippen MR) is 143 cm³/mol. The number of ether oxygens (including phenoxy) is 1. The number of benzene rings is 3. The molecule has 0 saturated heterocycles. The Morgan fingerprint density at radius 3 is 2.64 bits per heavy atom. The fourth-order valence-electron chi connectivity index (χ4n) is 4.05. The lowest BCUT2D eigenvalue weighted by Gasteiger charge is -2.25. The first-order chi connectivity index (χ1) is 17.5. The van der Waals surface area contributed by atoms with Crippen LogP contribution >= 0.6 is 23.4 Å². The van der Waals surface area contributed by atoms with Crippen molar-refractivity contribution in [3.05, 3.63) is 94.5 Å². The van der Waals surface area contributed by atoms with E-state index in [-0.39, 0.29) is 18.2 Å². The molecule has 7 nitrogen and oxygen atoms in total. The molecular formula is C27H23ClN4O3S. The maximum absolute atomic E-state index is 13.4. The van der Waals surface area contributed by atoms with E-state index in [1.54, 1.807) is 12.0 Å². The van der Waals surface area contributed by atoms with Crippen LogP contribution in [-0.2, 0) is 21.9 Å². The molecule has 0 saturated carbocycles. The van der Waals surface area contributed by atoms with E-state index < -0.39 is 6.04 Å². The highest BCUT2D eigenvalue weighted by Gasteiger charge is 2.42. The SMILES string of the molecule is COc1ccccc1CNC(=O)CC1N=C2c3ccccc3N=C(SCc3ccc(Cl)cc3)N2C1=O. The number of carbonyl (C=O) groups excluding carboxylic acids is 2. The Balaban J connectivity index is 1.32. The van der Waals surface area contributed by atoms with Gasteiger partial charge in [0.25, 0.3) is 5.91 Å². The largest absolute Gasteiger partial charge is 0.496 e.